The van der Waals surface area contributed by atoms with Gasteiger partial charge < -0.3 is 4.42 Å². The van der Waals surface area contributed by atoms with E-state index in [0.29, 0.717) is 9.97 Å². The van der Waals surface area contributed by atoms with Crippen LogP contribution < -0.4 is 4.72 Å². The van der Waals surface area contributed by atoms with E-state index in [9.17, 15) is 8.42 Å². The average Bonchev–Trinajstić information content (AvgIpc) is 2.98. The zero-order valence-corrected chi connectivity index (χ0v) is 11.0. The Kier molecular flexibility index (Phi) is 3.66. The van der Waals surface area contributed by atoms with Gasteiger partial charge in [-0.05, 0) is 30.7 Å². The van der Waals surface area contributed by atoms with Crippen molar-refractivity contribution in [2.45, 2.75) is 24.1 Å². The Bertz CT molecular complexity index is 570. The lowest BCUT2D eigenvalue weighted by atomic mass is 10.4. The highest BCUT2D eigenvalue weighted by molar-refractivity contribution is 7.91. The Hall–Kier alpha value is -1.11. The molecular weight excluding hydrogens is 258 g/mol. The zero-order valence-electron chi connectivity index (χ0n) is 9.34. The minimum atomic E-state index is -3.42. The number of rotatable bonds is 5. The minimum absolute atomic E-state index is 0.175. The van der Waals surface area contributed by atoms with Crippen molar-refractivity contribution in [1.82, 2.24) is 4.72 Å². The number of sulfonamides is 1. The molecule has 0 aliphatic carbocycles. The first-order chi connectivity index (χ1) is 8.12. The highest BCUT2D eigenvalue weighted by Crippen LogP contribution is 2.21. The Morgan fingerprint density at radius 2 is 2.18 bits per heavy atom. The fraction of sp³-hybridized carbons (Fsp3) is 0.273. The van der Waals surface area contributed by atoms with Crippen molar-refractivity contribution in [3.8, 4) is 0 Å². The molecule has 2 aromatic rings. The van der Waals surface area contributed by atoms with Gasteiger partial charge in [0.05, 0.1) is 12.8 Å². The molecule has 0 fully saturated rings. The summed E-state index contributed by atoms with van der Waals surface area (Å²) < 4.78 is 31.7. The van der Waals surface area contributed by atoms with Crippen LogP contribution in [-0.2, 0) is 23.0 Å². The van der Waals surface area contributed by atoms with E-state index in [0.717, 1.165) is 11.3 Å². The smallest absolute Gasteiger partial charge is 0.250 e. The number of aryl methyl sites for hydroxylation is 1. The second-order valence-electron chi connectivity index (χ2n) is 3.48. The molecule has 17 heavy (non-hydrogen) atoms. The molecule has 0 aromatic carbocycles. The molecule has 6 heteroatoms. The molecular formula is C11H13NO3S2. The van der Waals surface area contributed by atoms with E-state index in [4.69, 9.17) is 4.42 Å². The van der Waals surface area contributed by atoms with Gasteiger partial charge >= 0.3 is 0 Å². The van der Waals surface area contributed by atoms with Crippen molar-refractivity contribution in [3.63, 3.8) is 0 Å². The number of hydrogen-bond acceptors (Lipinski definition) is 4. The van der Waals surface area contributed by atoms with Gasteiger partial charge in [-0.15, -0.1) is 11.3 Å². The number of nitrogens with one attached hydrogen (secondary N) is 1. The molecule has 2 heterocycles. The molecule has 0 saturated heterocycles. The quantitative estimate of drug-likeness (QED) is 0.908. The van der Waals surface area contributed by atoms with Gasteiger partial charge in [0.15, 0.2) is 0 Å². The van der Waals surface area contributed by atoms with Crippen molar-refractivity contribution in [1.29, 1.82) is 0 Å². The third-order valence-corrected chi connectivity index (χ3v) is 5.39. The second kappa shape index (κ2) is 5.03. The summed E-state index contributed by atoms with van der Waals surface area (Å²) in [6.45, 7) is 2.17. The van der Waals surface area contributed by atoms with Crippen LogP contribution in [0.15, 0.2) is 39.2 Å². The second-order valence-corrected chi connectivity index (χ2v) is 6.64. The standard InChI is InChI=1S/C11H13NO3S2/c1-2-10-5-6-11(16-10)17(13,14)12-8-9-4-3-7-15-9/h3-7,12H,2,8H2,1H3. The summed E-state index contributed by atoms with van der Waals surface area (Å²) in [5, 5.41) is 0. The fourth-order valence-corrected chi connectivity index (χ4v) is 3.68. The maximum Gasteiger partial charge on any atom is 0.250 e. The highest BCUT2D eigenvalue weighted by atomic mass is 32.2. The third kappa shape index (κ3) is 2.96. The summed E-state index contributed by atoms with van der Waals surface area (Å²) in [7, 11) is -3.42. The van der Waals surface area contributed by atoms with Crippen LogP contribution in [0.1, 0.15) is 17.6 Å². The summed E-state index contributed by atoms with van der Waals surface area (Å²) in [5.41, 5.74) is 0. The molecule has 0 spiro atoms. The molecule has 0 saturated carbocycles. The zero-order chi connectivity index (χ0) is 12.3. The third-order valence-electron chi connectivity index (χ3n) is 2.27. The van der Waals surface area contributed by atoms with Crippen molar-refractivity contribution < 1.29 is 12.8 Å². The topological polar surface area (TPSA) is 59.3 Å². The van der Waals surface area contributed by atoms with E-state index in [1.165, 1.54) is 17.6 Å². The van der Waals surface area contributed by atoms with Gasteiger partial charge in [0, 0.05) is 4.88 Å². The van der Waals surface area contributed by atoms with Crippen LogP contribution >= 0.6 is 11.3 Å². The molecule has 0 atom stereocenters. The molecule has 4 nitrogen and oxygen atoms in total. The predicted molar refractivity (Wildman–Crippen MR) is 66.4 cm³/mol. The molecule has 0 radical (unpaired) electrons. The molecule has 92 valence electrons. The highest BCUT2D eigenvalue weighted by Gasteiger charge is 2.16. The van der Waals surface area contributed by atoms with Crippen LogP contribution in [0, 0.1) is 0 Å². The van der Waals surface area contributed by atoms with Crippen LogP contribution in [-0.4, -0.2) is 8.42 Å². The first kappa shape index (κ1) is 12.3. The van der Waals surface area contributed by atoms with Gasteiger partial charge in [0.25, 0.3) is 0 Å². The van der Waals surface area contributed by atoms with Gasteiger partial charge in [-0.1, -0.05) is 6.92 Å². The van der Waals surface area contributed by atoms with E-state index >= 15 is 0 Å². The Morgan fingerprint density at radius 3 is 2.76 bits per heavy atom. The van der Waals surface area contributed by atoms with Gasteiger partial charge in [-0.25, -0.2) is 13.1 Å². The molecule has 0 aliphatic heterocycles. The molecule has 0 unspecified atom stereocenters. The van der Waals surface area contributed by atoms with Crippen molar-refractivity contribution >= 4 is 21.4 Å². The van der Waals surface area contributed by atoms with Crippen molar-refractivity contribution in [2.75, 3.05) is 0 Å². The normalized spacial score (nSPS) is 11.8. The summed E-state index contributed by atoms with van der Waals surface area (Å²) in [6.07, 6.45) is 2.36. The van der Waals surface area contributed by atoms with E-state index in [-0.39, 0.29) is 6.54 Å². The molecule has 2 aromatic heterocycles. The van der Waals surface area contributed by atoms with Gasteiger partial charge in [-0.3, -0.25) is 0 Å². The van der Waals surface area contributed by atoms with Gasteiger partial charge in [-0.2, -0.15) is 0 Å². The van der Waals surface area contributed by atoms with E-state index in [2.05, 4.69) is 4.72 Å². The van der Waals surface area contributed by atoms with E-state index in [1.807, 2.05) is 13.0 Å². The first-order valence-electron chi connectivity index (χ1n) is 5.22. The number of hydrogen-bond donors (Lipinski definition) is 1. The van der Waals surface area contributed by atoms with Crippen LogP contribution in [0.25, 0.3) is 0 Å². The Balaban J connectivity index is 2.08. The SMILES string of the molecule is CCc1ccc(S(=O)(=O)NCc2ccco2)s1. The lowest BCUT2D eigenvalue weighted by molar-refractivity contribution is 0.499. The Morgan fingerprint density at radius 1 is 1.35 bits per heavy atom. The maximum absolute atomic E-state index is 11.9. The minimum Gasteiger partial charge on any atom is -0.468 e. The average molecular weight is 271 g/mol. The number of furan rings is 1. The maximum atomic E-state index is 11.9. The molecule has 1 N–H and O–H groups in total. The lowest BCUT2D eigenvalue weighted by Gasteiger charge is -2.02. The Labute approximate surface area is 104 Å². The van der Waals surface area contributed by atoms with Gasteiger partial charge in [0.2, 0.25) is 10.0 Å². The lowest BCUT2D eigenvalue weighted by Crippen LogP contribution is -2.22. The number of thiophene rings is 1. The largest absolute Gasteiger partial charge is 0.468 e. The summed E-state index contributed by atoms with van der Waals surface area (Å²) in [4.78, 5) is 1.06. The van der Waals surface area contributed by atoms with Crippen molar-refractivity contribution in [2.24, 2.45) is 0 Å². The van der Waals surface area contributed by atoms with Crippen molar-refractivity contribution in [3.05, 3.63) is 41.2 Å². The van der Waals surface area contributed by atoms with Crippen LogP contribution in [0.5, 0.6) is 0 Å². The fourth-order valence-electron chi connectivity index (χ4n) is 1.34. The predicted octanol–water partition coefficient (Wildman–Crippen LogP) is 2.38. The molecule has 2 rings (SSSR count). The summed E-state index contributed by atoms with van der Waals surface area (Å²) in [6, 6.07) is 6.93. The monoisotopic (exact) mass is 271 g/mol. The first-order valence-corrected chi connectivity index (χ1v) is 7.52. The molecule has 0 amide bonds. The van der Waals surface area contributed by atoms with Crippen LogP contribution in [0.4, 0.5) is 0 Å². The van der Waals surface area contributed by atoms with E-state index < -0.39 is 10.0 Å². The van der Waals surface area contributed by atoms with E-state index in [1.54, 1.807) is 18.2 Å². The summed E-state index contributed by atoms with van der Waals surface area (Å²) >= 11 is 1.30. The van der Waals surface area contributed by atoms with Crippen LogP contribution in [0.2, 0.25) is 0 Å². The molecule has 0 bridgehead atoms. The van der Waals surface area contributed by atoms with Crippen LogP contribution in [0.3, 0.4) is 0 Å². The molecule has 0 aliphatic rings. The summed E-state index contributed by atoms with van der Waals surface area (Å²) in [5.74, 6) is 0.598. The van der Waals surface area contributed by atoms with Gasteiger partial charge in [0.1, 0.15) is 9.97 Å².